The van der Waals surface area contributed by atoms with Gasteiger partial charge in [-0.3, -0.25) is 9.78 Å². The van der Waals surface area contributed by atoms with Crippen molar-refractivity contribution in [1.82, 2.24) is 4.98 Å². The molecule has 0 aliphatic rings. The fourth-order valence-corrected chi connectivity index (χ4v) is 1.49. The van der Waals surface area contributed by atoms with Crippen molar-refractivity contribution in [2.45, 2.75) is 0 Å². The second-order valence-electron chi connectivity index (χ2n) is 3.89. The Morgan fingerprint density at radius 2 is 2.00 bits per heavy atom. The normalized spacial score (nSPS) is 10.7. The first kappa shape index (κ1) is 13.4. The van der Waals surface area contributed by atoms with Gasteiger partial charge in [0, 0.05) is 11.9 Å². The van der Waals surface area contributed by atoms with Crippen LogP contribution in [0.4, 0.5) is 10.1 Å². The van der Waals surface area contributed by atoms with Gasteiger partial charge >= 0.3 is 0 Å². The van der Waals surface area contributed by atoms with Crippen molar-refractivity contribution in [1.29, 1.82) is 5.26 Å². The van der Waals surface area contributed by atoms with Crippen LogP contribution in [0.2, 0.25) is 0 Å². The average Bonchev–Trinajstić information content (AvgIpc) is 2.48. The summed E-state index contributed by atoms with van der Waals surface area (Å²) in [5, 5.41) is 11.5. The van der Waals surface area contributed by atoms with E-state index in [9.17, 15) is 9.18 Å². The molecule has 1 amide bonds. The van der Waals surface area contributed by atoms with Crippen LogP contribution in [0.5, 0.6) is 0 Å². The van der Waals surface area contributed by atoms with E-state index in [4.69, 9.17) is 5.26 Å². The Kier molecular flexibility index (Phi) is 4.20. The number of nitriles is 1. The molecule has 1 aromatic heterocycles. The van der Waals surface area contributed by atoms with Crippen molar-refractivity contribution in [2.24, 2.45) is 0 Å². The molecule has 4 nitrogen and oxygen atoms in total. The number of nitrogens with zero attached hydrogens (tertiary/aromatic N) is 2. The minimum atomic E-state index is -0.565. The number of pyridine rings is 1. The number of anilines is 1. The summed E-state index contributed by atoms with van der Waals surface area (Å²) in [5.41, 5.74) is 0.852. The SMILES string of the molecule is N#C/C(=C\c1ccccn1)C(=O)Nc1ccc(F)cc1. The second kappa shape index (κ2) is 6.25. The van der Waals surface area contributed by atoms with Gasteiger partial charge in [0.15, 0.2) is 0 Å². The zero-order chi connectivity index (χ0) is 14.4. The molecule has 1 N–H and O–H groups in total. The molecule has 2 rings (SSSR count). The minimum absolute atomic E-state index is 0.0759. The molecule has 2 aromatic rings. The Balaban J connectivity index is 2.16. The molecule has 0 saturated carbocycles. The molecular formula is C15H10FN3O. The zero-order valence-corrected chi connectivity index (χ0v) is 10.4. The molecule has 0 aliphatic carbocycles. The summed E-state index contributed by atoms with van der Waals surface area (Å²) in [6, 6.07) is 12.3. The number of carbonyl (C=O) groups is 1. The summed E-state index contributed by atoms with van der Waals surface area (Å²) in [4.78, 5) is 15.9. The van der Waals surface area contributed by atoms with Crippen LogP contribution >= 0.6 is 0 Å². The van der Waals surface area contributed by atoms with Gasteiger partial charge in [0.2, 0.25) is 0 Å². The van der Waals surface area contributed by atoms with Crippen LogP contribution in [0.1, 0.15) is 5.69 Å². The molecule has 98 valence electrons. The first-order chi connectivity index (χ1) is 9.69. The summed E-state index contributed by atoms with van der Waals surface area (Å²) < 4.78 is 12.8. The summed E-state index contributed by atoms with van der Waals surface area (Å²) >= 11 is 0. The highest BCUT2D eigenvalue weighted by Crippen LogP contribution is 2.11. The monoisotopic (exact) mass is 267 g/mol. The number of amides is 1. The lowest BCUT2D eigenvalue weighted by Gasteiger charge is -2.03. The molecule has 20 heavy (non-hydrogen) atoms. The van der Waals surface area contributed by atoms with Gasteiger partial charge < -0.3 is 5.32 Å². The summed E-state index contributed by atoms with van der Waals surface area (Å²) in [5.74, 6) is -0.961. The van der Waals surface area contributed by atoms with E-state index in [0.717, 1.165) is 0 Å². The Morgan fingerprint density at radius 3 is 2.60 bits per heavy atom. The van der Waals surface area contributed by atoms with Gasteiger partial charge in [-0.15, -0.1) is 0 Å². The predicted octanol–water partition coefficient (Wildman–Crippen LogP) is 2.77. The van der Waals surface area contributed by atoms with Crippen molar-refractivity contribution in [3.63, 3.8) is 0 Å². The molecule has 1 aromatic carbocycles. The smallest absolute Gasteiger partial charge is 0.266 e. The summed E-state index contributed by atoms with van der Waals surface area (Å²) in [6.45, 7) is 0. The molecule has 0 atom stereocenters. The topological polar surface area (TPSA) is 65.8 Å². The van der Waals surface area contributed by atoms with Crippen LogP contribution in [-0.4, -0.2) is 10.9 Å². The van der Waals surface area contributed by atoms with Gasteiger partial charge in [-0.05, 0) is 42.5 Å². The highest BCUT2D eigenvalue weighted by molar-refractivity contribution is 6.09. The predicted molar refractivity (Wildman–Crippen MR) is 72.9 cm³/mol. The van der Waals surface area contributed by atoms with Crippen LogP contribution in [-0.2, 0) is 4.79 Å². The first-order valence-corrected chi connectivity index (χ1v) is 5.79. The number of nitrogens with one attached hydrogen (secondary N) is 1. The standard InChI is InChI=1S/C15H10FN3O/c16-12-4-6-13(7-5-12)19-15(20)11(10-17)9-14-3-1-2-8-18-14/h1-9H,(H,19,20)/b11-9+. The fourth-order valence-electron chi connectivity index (χ4n) is 1.49. The minimum Gasteiger partial charge on any atom is -0.321 e. The van der Waals surface area contributed by atoms with Crippen LogP contribution in [0.25, 0.3) is 6.08 Å². The quantitative estimate of drug-likeness (QED) is 0.687. The molecular weight excluding hydrogens is 257 g/mol. The fraction of sp³-hybridized carbons (Fsp3) is 0. The van der Waals surface area contributed by atoms with Crippen molar-refractivity contribution >= 4 is 17.7 Å². The van der Waals surface area contributed by atoms with Gasteiger partial charge in [-0.25, -0.2) is 4.39 Å². The van der Waals surface area contributed by atoms with Gasteiger partial charge in [0.25, 0.3) is 5.91 Å². The zero-order valence-electron chi connectivity index (χ0n) is 10.4. The third-order valence-corrected chi connectivity index (χ3v) is 2.45. The summed E-state index contributed by atoms with van der Waals surface area (Å²) in [6.07, 6.45) is 2.96. The van der Waals surface area contributed by atoms with E-state index in [1.54, 1.807) is 24.4 Å². The van der Waals surface area contributed by atoms with E-state index < -0.39 is 11.7 Å². The van der Waals surface area contributed by atoms with Crippen LogP contribution in [0, 0.1) is 17.1 Å². The number of hydrogen-bond donors (Lipinski definition) is 1. The van der Waals surface area contributed by atoms with Crippen LogP contribution < -0.4 is 5.32 Å². The van der Waals surface area contributed by atoms with E-state index in [1.165, 1.54) is 30.3 Å². The first-order valence-electron chi connectivity index (χ1n) is 5.79. The Bertz CT molecular complexity index is 673. The van der Waals surface area contributed by atoms with Crippen LogP contribution in [0.3, 0.4) is 0 Å². The highest BCUT2D eigenvalue weighted by Gasteiger charge is 2.09. The van der Waals surface area contributed by atoms with E-state index in [2.05, 4.69) is 10.3 Å². The maximum atomic E-state index is 12.8. The average molecular weight is 267 g/mol. The lowest BCUT2D eigenvalue weighted by molar-refractivity contribution is -0.112. The highest BCUT2D eigenvalue weighted by atomic mass is 19.1. The van der Waals surface area contributed by atoms with Gasteiger partial charge in [0.1, 0.15) is 17.5 Å². The van der Waals surface area contributed by atoms with Crippen molar-refractivity contribution < 1.29 is 9.18 Å². The Morgan fingerprint density at radius 1 is 1.25 bits per heavy atom. The molecule has 0 radical (unpaired) electrons. The van der Waals surface area contributed by atoms with Crippen molar-refractivity contribution in [3.8, 4) is 6.07 Å². The van der Waals surface area contributed by atoms with E-state index >= 15 is 0 Å². The van der Waals surface area contributed by atoms with Gasteiger partial charge in [0.05, 0.1) is 5.69 Å². The third kappa shape index (κ3) is 3.50. The van der Waals surface area contributed by atoms with E-state index in [0.29, 0.717) is 11.4 Å². The molecule has 1 heterocycles. The third-order valence-electron chi connectivity index (χ3n) is 2.45. The lowest BCUT2D eigenvalue weighted by atomic mass is 10.2. The van der Waals surface area contributed by atoms with Crippen LogP contribution in [0.15, 0.2) is 54.2 Å². The number of rotatable bonds is 3. The second-order valence-corrected chi connectivity index (χ2v) is 3.89. The maximum Gasteiger partial charge on any atom is 0.266 e. The van der Waals surface area contributed by atoms with E-state index in [-0.39, 0.29) is 5.57 Å². The number of hydrogen-bond acceptors (Lipinski definition) is 3. The molecule has 0 spiro atoms. The number of carbonyl (C=O) groups excluding carboxylic acids is 1. The number of halogens is 1. The van der Waals surface area contributed by atoms with Crippen molar-refractivity contribution in [2.75, 3.05) is 5.32 Å². The number of aromatic nitrogens is 1. The molecule has 0 aliphatic heterocycles. The van der Waals surface area contributed by atoms with Gasteiger partial charge in [-0.2, -0.15) is 5.26 Å². The molecule has 0 saturated heterocycles. The van der Waals surface area contributed by atoms with E-state index in [1.807, 2.05) is 6.07 Å². The van der Waals surface area contributed by atoms with Gasteiger partial charge in [-0.1, -0.05) is 6.07 Å². The molecule has 0 fully saturated rings. The number of benzene rings is 1. The molecule has 5 heteroatoms. The summed E-state index contributed by atoms with van der Waals surface area (Å²) in [7, 11) is 0. The maximum absolute atomic E-state index is 12.8. The Hall–Kier alpha value is -3.00. The Labute approximate surface area is 115 Å². The molecule has 0 unspecified atom stereocenters. The largest absolute Gasteiger partial charge is 0.321 e. The lowest BCUT2D eigenvalue weighted by Crippen LogP contribution is -2.13. The molecule has 0 bridgehead atoms. The van der Waals surface area contributed by atoms with Crippen molar-refractivity contribution in [3.05, 3.63) is 65.7 Å².